The Kier molecular flexibility index (Phi) is 10.7. The summed E-state index contributed by atoms with van der Waals surface area (Å²) in [5, 5.41) is 0. The van der Waals surface area contributed by atoms with Gasteiger partial charge in [0.25, 0.3) is 0 Å². The van der Waals surface area contributed by atoms with Crippen molar-refractivity contribution >= 4 is 0 Å². The van der Waals surface area contributed by atoms with E-state index in [-0.39, 0.29) is 16.7 Å². The lowest BCUT2D eigenvalue weighted by Gasteiger charge is -2.29. The molecule has 5 rings (SSSR count). The molecule has 0 unspecified atom stereocenters. The number of ether oxygens (including phenoxy) is 2. The molecule has 1 aliphatic rings. The molecule has 0 aromatic heterocycles. The molecule has 1 aliphatic carbocycles. The minimum Gasteiger partial charge on any atom is -0.429 e. The summed E-state index contributed by atoms with van der Waals surface area (Å²) in [7, 11) is 0. The topological polar surface area (TPSA) is 18.5 Å². The van der Waals surface area contributed by atoms with Gasteiger partial charge in [-0.15, -0.1) is 13.2 Å². The molecule has 0 spiro atoms. The molecule has 48 heavy (non-hydrogen) atoms. The molecule has 256 valence electrons. The standard InChI is InChI=1S/C37H33F9O2/c1-2-3-4-5-22-6-8-23(9-7-22)24-10-12-25(13-11-24)27-19-32(40)35(33(41)20-27)36(42,43)47-28-15-16-29(30(38)21-28)26-14-17-34(31(39)18-26)48-37(44,45)46/h10-23H,2-9H2,1H3. The Morgan fingerprint density at radius 2 is 1.25 bits per heavy atom. The fraction of sp³-hybridized carbons (Fsp3) is 0.351. The second kappa shape index (κ2) is 14.5. The smallest absolute Gasteiger partial charge is 0.429 e. The van der Waals surface area contributed by atoms with Gasteiger partial charge < -0.3 is 9.47 Å². The molecule has 0 heterocycles. The Hall–Kier alpha value is -4.15. The van der Waals surface area contributed by atoms with Crippen LogP contribution in [0.2, 0.25) is 0 Å². The average Bonchev–Trinajstić information content (AvgIpc) is 3.01. The van der Waals surface area contributed by atoms with Crippen molar-refractivity contribution < 1.29 is 49.0 Å². The lowest BCUT2D eigenvalue weighted by molar-refractivity contribution is -0.275. The Labute approximate surface area is 272 Å². The van der Waals surface area contributed by atoms with Crippen LogP contribution in [0.25, 0.3) is 22.3 Å². The Morgan fingerprint density at radius 3 is 1.83 bits per heavy atom. The quantitative estimate of drug-likeness (QED) is 0.116. The van der Waals surface area contributed by atoms with Gasteiger partial charge >= 0.3 is 12.5 Å². The van der Waals surface area contributed by atoms with Crippen molar-refractivity contribution in [3.05, 3.63) is 107 Å². The zero-order valence-electron chi connectivity index (χ0n) is 26.0. The van der Waals surface area contributed by atoms with Crippen LogP contribution in [0.4, 0.5) is 39.5 Å². The summed E-state index contributed by atoms with van der Waals surface area (Å²) in [5.74, 6) is -6.63. The summed E-state index contributed by atoms with van der Waals surface area (Å²) in [5.41, 5.74) is -0.670. The van der Waals surface area contributed by atoms with Crippen LogP contribution in [0.15, 0.2) is 72.8 Å². The van der Waals surface area contributed by atoms with E-state index in [2.05, 4.69) is 16.4 Å². The molecule has 0 N–H and O–H groups in total. The van der Waals surface area contributed by atoms with Crippen molar-refractivity contribution in [2.24, 2.45) is 5.92 Å². The van der Waals surface area contributed by atoms with Crippen LogP contribution < -0.4 is 9.47 Å². The highest BCUT2D eigenvalue weighted by molar-refractivity contribution is 5.66. The number of alkyl halides is 5. The molecule has 0 atom stereocenters. The Bertz CT molecular complexity index is 1690. The van der Waals surface area contributed by atoms with E-state index in [1.807, 2.05) is 12.1 Å². The van der Waals surface area contributed by atoms with Crippen molar-refractivity contribution in [1.29, 1.82) is 0 Å². The van der Waals surface area contributed by atoms with E-state index in [0.29, 0.717) is 29.7 Å². The normalized spacial score (nSPS) is 17.0. The van der Waals surface area contributed by atoms with Gasteiger partial charge in [-0.2, -0.15) is 8.78 Å². The molecule has 0 radical (unpaired) electrons. The van der Waals surface area contributed by atoms with Crippen LogP contribution in [0.3, 0.4) is 0 Å². The second-order valence-electron chi connectivity index (χ2n) is 12.1. The molecular weight excluding hydrogens is 647 g/mol. The first-order valence-electron chi connectivity index (χ1n) is 15.8. The van der Waals surface area contributed by atoms with Gasteiger partial charge in [-0.05, 0) is 96.2 Å². The van der Waals surface area contributed by atoms with E-state index >= 15 is 17.6 Å². The average molecular weight is 681 g/mol. The van der Waals surface area contributed by atoms with E-state index < -0.39 is 52.8 Å². The van der Waals surface area contributed by atoms with Gasteiger partial charge in [0.2, 0.25) is 0 Å². The highest BCUT2D eigenvalue weighted by atomic mass is 19.4. The second-order valence-corrected chi connectivity index (χ2v) is 12.1. The van der Waals surface area contributed by atoms with Crippen LogP contribution in [0.1, 0.15) is 75.3 Å². The van der Waals surface area contributed by atoms with E-state index in [9.17, 15) is 22.0 Å². The van der Waals surface area contributed by atoms with Crippen molar-refractivity contribution in [1.82, 2.24) is 0 Å². The van der Waals surface area contributed by atoms with Gasteiger partial charge in [0.15, 0.2) is 11.6 Å². The summed E-state index contributed by atoms with van der Waals surface area (Å²) in [6, 6.07) is 13.1. The molecule has 4 aromatic carbocycles. The maximum absolute atomic E-state index is 15.1. The van der Waals surface area contributed by atoms with Gasteiger partial charge in [-0.25, -0.2) is 17.6 Å². The summed E-state index contributed by atoms with van der Waals surface area (Å²) in [4.78, 5) is 0. The number of halogens is 9. The molecule has 1 fully saturated rings. The summed E-state index contributed by atoms with van der Waals surface area (Å²) in [6.07, 6.45) is -0.283. The Balaban J connectivity index is 1.27. The zero-order chi connectivity index (χ0) is 34.6. The molecule has 0 bridgehead atoms. The largest absolute Gasteiger partial charge is 0.573 e. The first kappa shape index (κ1) is 35.2. The fourth-order valence-corrected chi connectivity index (χ4v) is 6.30. The lowest BCUT2D eigenvalue weighted by Crippen LogP contribution is -2.25. The fourth-order valence-electron chi connectivity index (χ4n) is 6.30. The molecule has 0 aliphatic heterocycles. The third-order valence-electron chi connectivity index (χ3n) is 8.77. The Morgan fingerprint density at radius 1 is 0.625 bits per heavy atom. The first-order chi connectivity index (χ1) is 22.7. The molecular formula is C37H33F9O2. The third kappa shape index (κ3) is 8.46. The maximum Gasteiger partial charge on any atom is 0.573 e. The highest BCUT2D eigenvalue weighted by Crippen LogP contribution is 2.41. The van der Waals surface area contributed by atoms with Crippen LogP contribution in [-0.4, -0.2) is 6.36 Å². The summed E-state index contributed by atoms with van der Waals surface area (Å²) >= 11 is 0. The summed E-state index contributed by atoms with van der Waals surface area (Å²) < 4.78 is 134. The molecule has 4 aromatic rings. The van der Waals surface area contributed by atoms with Gasteiger partial charge in [0.1, 0.15) is 28.8 Å². The van der Waals surface area contributed by atoms with Crippen LogP contribution in [-0.2, 0) is 6.11 Å². The van der Waals surface area contributed by atoms with Crippen LogP contribution >= 0.6 is 0 Å². The van der Waals surface area contributed by atoms with Crippen molar-refractivity contribution in [3.63, 3.8) is 0 Å². The minimum absolute atomic E-state index is 0.0463. The maximum atomic E-state index is 15.1. The van der Waals surface area contributed by atoms with E-state index in [1.165, 1.54) is 38.5 Å². The van der Waals surface area contributed by atoms with Crippen molar-refractivity contribution in [2.45, 2.75) is 76.7 Å². The molecule has 0 saturated heterocycles. The zero-order valence-corrected chi connectivity index (χ0v) is 26.0. The lowest BCUT2D eigenvalue weighted by atomic mass is 9.77. The molecule has 11 heteroatoms. The number of hydrogen-bond donors (Lipinski definition) is 0. The number of hydrogen-bond acceptors (Lipinski definition) is 2. The molecule has 1 saturated carbocycles. The SMILES string of the molecule is CCCCCC1CCC(c2ccc(-c3cc(F)c(C(F)(F)Oc4ccc(-c5ccc(OC(F)(F)F)c(F)c5)c(F)c4)c(F)c3)cc2)CC1. The van der Waals surface area contributed by atoms with Gasteiger partial charge in [0, 0.05) is 11.6 Å². The highest BCUT2D eigenvalue weighted by Gasteiger charge is 2.41. The third-order valence-corrected chi connectivity index (χ3v) is 8.77. The van der Waals surface area contributed by atoms with E-state index in [0.717, 1.165) is 54.7 Å². The van der Waals surface area contributed by atoms with Crippen molar-refractivity contribution in [2.75, 3.05) is 0 Å². The van der Waals surface area contributed by atoms with Gasteiger partial charge in [-0.1, -0.05) is 62.9 Å². The number of unbranched alkanes of at least 4 members (excludes halogenated alkanes) is 2. The first-order valence-corrected chi connectivity index (χ1v) is 15.8. The molecule has 0 amide bonds. The van der Waals surface area contributed by atoms with Crippen LogP contribution in [0, 0.1) is 29.2 Å². The number of benzene rings is 4. The molecule has 2 nitrogen and oxygen atoms in total. The van der Waals surface area contributed by atoms with Gasteiger partial charge in [0.05, 0.1) is 0 Å². The van der Waals surface area contributed by atoms with Crippen LogP contribution in [0.5, 0.6) is 11.5 Å². The predicted molar refractivity (Wildman–Crippen MR) is 164 cm³/mol. The van der Waals surface area contributed by atoms with E-state index in [4.69, 9.17) is 0 Å². The van der Waals surface area contributed by atoms with E-state index in [1.54, 1.807) is 12.1 Å². The van der Waals surface area contributed by atoms with Crippen molar-refractivity contribution in [3.8, 4) is 33.8 Å². The van der Waals surface area contributed by atoms with Gasteiger partial charge in [-0.3, -0.25) is 0 Å². The monoisotopic (exact) mass is 680 g/mol. The predicted octanol–water partition coefficient (Wildman–Crippen LogP) is 12.5. The number of rotatable bonds is 11. The summed E-state index contributed by atoms with van der Waals surface area (Å²) in [6.45, 7) is 2.19. The minimum atomic E-state index is -5.16.